The summed E-state index contributed by atoms with van der Waals surface area (Å²) in [4.78, 5) is 12.1. The summed E-state index contributed by atoms with van der Waals surface area (Å²) >= 11 is 2.09. The van der Waals surface area contributed by atoms with Crippen LogP contribution in [0.2, 0.25) is 0 Å². The Morgan fingerprint density at radius 2 is 2.10 bits per heavy atom. The molecule has 0 aliphatic rings. The van der Waals surface area contributed by atoms with Gasteiger partial charge in [-0.15, -0.1) is 0 Å². The number of hydrogen-bond donors (Lipinski definition) is 1. The first-order chi connectivity index (χ1) is 9.52. The predicted molar refractivity (Wildman–Crippen MR) is 83.0 cm³/mol. The quantitative estimate of drug-likeness (QED) is 0.805. The minimum atomic E-state index is -0.625. The van der Waals surface area contributed by atoms with E-state index >= 15 is 0 Å². The zero-order chi connectivity index (χ0) is 14.7. The summed E-state index contributed by atoms with van der Waals surface area (Å²) in [5.74, 6) is -0.998. The fourth-order valence-electron chi connectivity index (χ4n) is 1.70. The first-order valence-electron chi connectivity index (χ1n) is 5.79. The van der Waals surface area contributed by atoms with Crippen LogP contribution < -0.4 is 5.32 Å². The second kappa shape index (κ2) is 6.01. The molecule has 0 heterocycles. The van der Waals surface area contributed by atoms with E-state index in [0.717, 1.165) is 15.2 Å². The Hall–Kier alpha value is -1.94. The normalized spacial score (nSPS) is 9.90. The number of halogens is 2. The summed E-state index contributed by atoms with van der Waals surface area (Å²) in [7, 11) is 0. The van der Waals surface area contributed by atoms with E-state index in [9.17, 15) is 9.18 Å². The van der Waals surface area contributed by atoms with Crippen molar-refractivity contribution in [2.75, 3.05) is 5.32 Å². The Balaban J connectivity index is 2.29. The maximum absolute atomic E-state index is 13.7. The Bertz CT molecular complexity index is 722. The number of hydrogen-bond acceptors (Lipinski definition) is 2. The van der Waals surface area contributed by atoms with Crippen LogP contribution in [0, 0.1) is 27.6 Å². The molecular formula is C15H10FIN2O. The number of nitrogens with zero attached hydrogens (tertiary/aromatic N) is 1. The first kappa shape index (κ1) is 14.5. The van der Waals surface area contributed by atoms with Crippen LogP contribution >= 0.6 is 22.6 Å². The molecule has 0 bridgehead atoms. The fraction of sp³-hybridized carbons (Fsp3) is 0.0667. The van der Waals surface area contributed by atoms with Crippen LogP contribution in [0.25, 0.3) is 0 Å². The van der Waals surface area contributed by atoms with Crippen LogP contribution in [0.4, 0.5) is 10.1 Å². The third-order valence-corrected chi connectivity index (χ3v) is 4.21. The molecule has 20 heavy (non-hydrogen) atoms. The van der Waals surface area contributed by atoms with E-state index in [4.69, 9.17) is 5.26 Å². The topological polar surface area (TPSA) is 52.9 Å². The summed E-state index contributed by atoms with van der Waals surface area (Å²) in [5, 5.41) is 11.2. The van der Waals surface area contributed by atoms with Gasteiger partial charge in [0.1, 0.15) is 5.82 Å². The maximum Gasteiger partial charge on any atom is 0.256 e. The number of carbonyl (C=O) groups is 1. The van der Waals surface area contributed by atoms with Crippen LogP contribution in [-0.4, -0.2) is 5.91 Å². The van der Waals surface area contributed by atoms with Gasteiger partial charge in [0.25, 0.3) is 5.91 Å². The molecule has 0 aromatic heterocycles. The monoisotopic (exact) mass is 380 g/mol. The van der Waals surface area contributed by atoms with Crippen molar-refractivity contribution in [2.24, 2.45) is 0 Å². The summed E-state index contributed by atoms with van der Waals surface area (Å²) in [6.45, 7) is 1.90. The standard InChI is InChI=1S/C15H10FIN2O/c1-9-3-2-4-11(14(9)17)15(20)19-13-6-5-10(8-18)7-12(13)16/h2-7H,1H3,(H,19,20). The van der Waals surface area contributed by atoms with Crippen molar-refractivity contribution < 1.29 is 9.18 Å². The van der Waals surface area contributed by atoms with Crippen molar-refractivity contribution in [3.63, 3.8) is 0 Å². The van der Waals surface area contributed by atoms with Crippen LogP contribution in [0.1, 0.15) is 21.5 Å². The third kappa shape index (κ3) is 2.96. The third-order valence-electron chi connectivity index (χ3n) is 2.78. The highest BCUT2D eigenvalue weighted by atomic mass is 127. The van der Waals surface area contributed by atoms with Gasteiger partial charge in [-0.25, -0.2) is 4.39 Å². The van der Waals surface area contributed by atoms with Gasteiger partial charge in [0, 0.05) is 3.57 Å². The second-order valence-electron chi connectivity index (χ2n) is 4.20. The summed E-state index contributed by atoms with van der Waals surface area (Å²) in [5.41, 5.74) is 1.75. The molecule has 0 aliphatic heterocycles. The number of carbonyl (C=O) groups excluding carboxylic acids is 1. The van der Waals surface area contributed by atoms with Crippen molar-refractivity contribution in [2.45, 2.75) is 6.92 Å². The molecule has 1 amide bonds. The van der Waals surface area contributed by atoms with E-state index in [1.165, 1.54) is 12.1 Å². The highest BCUT2D eigenvalue weighted by Gasteiger charge is 2.13. The largest absolute Gasteiger partial charge is 0.319 e. The molecule has 3 nitrogen and oxygen atoms in total. The molecule has 0 radical (unpaired) electrons. The van der Waals surface area contributed by atoms with Crippen molar-refractivity contribution >= 4 is 34.2 Å². The zero-order valence-electron chi connectivity index (χ0n) is 10.6. The van der Waals surface area contributed by atoms with Crippen LogP contribution in [-0.2, 0) is 0 Å². The Morgan fingerprint density at radius 1 is 1.35 bits per heavy atom. The minimum Gasteiger partial charge on any atom is -0.319 e. The van der Waals surface area contributed by atoms with Crippen LogP contribution in [0.3, 0.4) is 0 Å². The van der Waals surface area contributed by atoms with Crippen molar-refractivity contribution in [3.8, 4) is 6.07 Å². The molecule has 0 saturated heterocycles. The molecule has 0 atom stereocenters. The van der Waals surface area contributed by atoms with E-state index < -0.39 is 5.82 Å². The van der Waals surface area contributed by atoms with Gasteiger partial charge in [-0.1, -0.05) is 12.1 Å². The van der Waals surface area contributed by atoms with Crippen LogP contribution in [0.5, 0.6) is 0 Å². The molecular weight excluding hydrogens is 370 g/mol. The molecule has 0 fully saturated rings. The summed E-state index contributed by atoms with van der Waals surface area (Å²) < 4.78 is 14.6. The van der Waals surface area contributed by atoms with Crippen molar-refractivity contribution in [1.29, 1.82) is 5.26 Å². The van der Waals surface area contributed by atoms with Gasteiger partial charge in [0.2, 0.25) is 0 Å². The molecule has 2 aromatic rings. The highest BCUT2D eigenvalue weighted by Crippen LogP contribution is 2.20. The number of benzene rings is 2. The SMILES string of the molecule is Cc1cccc(C(=O)Nc2ccc(C#N)cc2F)c1I. The predicted octanol–water partition coefficient (Wildman–Crippen LogP) is 3.86. The van der Waals surface area contributed by atoms with E-state index in [1.54, 1.807) is 12.1 Å². The van der Waals surface area contributed by atoms with E-state index in [2.05, 4.69) is 27.9 Å². The highest BCUT2D eigenvalue weighted by molar-refractivity contribution is 14.1. The first-order valence-corrected chi connectivity index (χ1v) is 6.87. The average molecular weight is 380 g/mol. The lowest BCUT2D eigenvalue weighted by molar-refractivity contribution is 0.102. The number of rotatable bonds is 2. The molecule has 5 heteroatoms. The number of anilines is 1. The molecule has 0 unspecified atom stereocenters. The number of amides is 1. The molecule has 2 rings (SSSR count). The average Bonchev–Trinajstić information content (AvgIpc) is 2.44. The summed E-state index contributed by atoms with van der Waals surface area (Å²) in [6, 6.07) is 11.1. The number of aryl methyl sites for hydroxylation is 1. The lowest BCUT2D eigenvalue weighted by Crippen LogP contribution is -2.15. The molecule has 0 aliphatic carbocycles. The molecule has 1 N–H and O–H groups in total. The molecule has 2 aromatic carbocycles. The second-order valence-corrected chi connectivity index (χ2v) is 5.28. The van der Waals surface area contributed by atoms with Gasteiger partial charge in [0.15, 0.2) is 0 Å². The minimum absolute atomic E-state index is 0.0614. The van der Waals surface area contributed by atoms with Gasteiger partial charge >= 0.3 is 0 Å². The maximum atomic E-state index is 13.7. The summed E-state index contributed by atoms with van der Waals surface area (Å²) in [6.07, 6.45) is 0. The number of nitrogens with one attached hydrogen (secondary N) is 1. The fourth-order valence-corrected chi connectivity index (χ4v) is 2.30. The lowest BCUT2D eigenvalue weighted by atomic mass is 10.1. The van der Waals surface area contributed by atoms with Gasteiger partial charge in [0.05, 0.1) is 22.9 Å². The van der Waals surface area contributed by atoms with Gasteiger partial charge < -0.3 is 5.32 Å². The number of nitriles is 1. The van der Waals surface area contributed by atoms with E-state index in [1.807, 2.05) is 19.1 Å². The van der Waals surface area contributed by atoms with E-state index in [-0.39, 0.29) is 17.2 Å². The molecule has 0 saturated carbocycles. The lowest BCUT2D eigenvalue weighted by Gasteiger charge is -2.09. The van der Waals surface area contributed by atoms with Crippen molar-refractivity contribution in [1.82, 2.24) is 0 Å². The van der Waals surface area contributed by atoms with Gasteiger partial charge in [-0.2, -0.15) is 5.26 Å². The van der Waals surface area contributed by atoms with Crippen molar-refractivity contribution in [3.05, 3.63) is 62.5 Å². The Kier molecular flexibility index (Phi) is 4.35. The van der Waals surface area contributed by atoms with E-state index in [0.29, 0.717) is 5.56 Å². The van der Waals surface area contributed by atoms with Gasteiger partial charge in [-0.3, -0.25) is 4.79 Å². The van der Waals surface area contributed by atoms with Gasteiger partial charge in [-0.05, 0) is 59.3 Å². The zero-order valence-corrected chi connectivity index (χ0v) is 12.7. The Morgan fingerprint density at radius 3 is 2.75 bits per heavy atom. The Labute approximate surface area is 129 Å². The smallest absolute Gasteiger partial charge is 0.256 e. The molecule has 0 spiro atoms. The van der Waals surface area contributed by atoms with Crippen LogP contribution in [0.15, 0.2) is 36.4 Å². The molecule has 100 valence electrons.